The maximum absolute atomic E-state index is 12.8. The Labute approximate surface area is 198 Å². The molecule has 0 spiro atoms. The summed E-state index contributed by atoms with van der Waals surface area (Å²) in [6, 6.07) is 4.74. The van der Waals surface area contributed by atoms with E-state index in [9.17, 15) is 29.1 Å². The Bertz CT molecular complexity index is 905. The highest BCUT2D eigenvalue weighted by Crippen LogP contribution is 2.19. The zero-order valence-electron chi connectivity index (χ0n) is 19.5. The predicted molar refractivity (Wildman–Crippen MR) is 122 cm³/mol. The standard InChI is InChI=1S/C23H32N4O7/c1-15-14-34-18-8-4-3-7-16(18)22(31)26-17(23(32)33)10-11-21(30)27(2)13-20(29)24-12-6-5-9-19(28)25-15/h3-4,7-8,15,17H,5-6,9-14H2,1-2H3,(H,24,29)(H,25,28)(H,26,31)(H,32,33)/t15-,17-/m0/s1. The number of aliphatic carboxylic acids is 1. The van der Waals surface area contributed by atoms with E-state index in [1.807, 2.05) is 0 Å². The number of nitrogens with zero attached hydrogens (tertiary/aromatic N) is 1. The van der Waals surface area contributed by atoms with E-state index in [2.05, 4.69) is 16.0 Å². The van der Waals surface area contributed by atoms with Crippen molar-refractivity contribution in [3.63, 3.8) is 0 Å². The summed E-state index contributed by atoms with van der Waals surface area (Å²) in [5, 5.41) is 17.5. The Morgan fingerprint density at radius 3 is 2.53 bits per heavy atom. The Balaban J connectivity index is 2.17. The van der Waals surface area contributed by atoms with Gasteiger partial charge >= 0.3 is 5.97 Å². The van der Waals surface area contributed by atoms with Gasteiger partial charge in [0.25, 0.3) is 5.91 Å². The summed E-state index contributed by atoms with van der Waals surface area (Å²) in [4.78, 5) is 62.2. The first-order chi connectivity index (χ1) is 16.2. The molecule has 0 radical (unpaired) electrons. The van der Waals surface area contributed by atoms with Crippen LogP contribution in [0.15, 0.2) is 24.3 Å². The molecule has 0 fully saturated rings. The normalized spacial score (nSPS) is 22.2. The molecule has 1 aromatic rings. The molecule has 0 saturated carbocycles. The second-order valence-electron chi connectivity index (χ2n) is 8.24. The third kappa shape index (κ3) is 8.72. The summed E-state index contributed by atoms with van der Waals surface area (Å²) < 4.78 is 5.72. The minimum absolute atomic E-state index is 0.106. The molecule has 0 aliphatic carbocycles. The average molecular weight is 477 g/mol. The van der Waals surface area contributed by atoms with Gasteiger partial charge in [0.15, 0.2) is 0 Å². The van der Waals surface area contributed by atoms with Crippen molar-refractivity contribution in [2.24, 2.45) is 0 Å². The monoisotopic (exact) mass is 476 g/mol. The highest BCUT2D eigenvalue weighted by atomic mass is 16.5. The minimum atomic E-state index is -1.31. The van der Waals surface area contributed by atoms with Crippen molar-refractivity contribution >= 4 is 29.6 Å². The Morgan fingerprint density at radius 1 is 1.06 bits per heavy atom. The quantitative estimate of drug-likeness (QED) is 0.454. The number of carbonyl (C=O) groups excluding carboxylic acids is 4. The summed E-state index contributed by atoms with van der Waals surface area (Å²) >= 11 is 0. The van der Waals surface area contributed by atoms with Crippen molar-refractivity contribution in [3.05, 3.63) is 29.8 Å². The molecule has 11 nitrogen and oxygen atoms in total. The number of likely N-dealkylation sites (N-methyl/N-ethyl adjacent to an activating group) is 1. The number of rotatable bonds is 1. The number of ether oxygens (including phenoxy) is 1. The molecule has 4 amide bonds. The van der Waals surface area contributed by atoms with Gasteiger partial charge in [-0.15, -0.1) is 0 Å². The Kier molecular flexibility index (Phi) is 10.3. The van der Waals surface area contributed by atoms with Crippen LogP contribution in [0.5, 0.6) is 5.75 Å². The molecular formula is C23H32N4O7. The van der Waals surface area contributed by atoms with E-state index in [1.54, 1.807) is 25.1 Å². The van der Waals surface area contributed by atoms with Crippen molar-refractivity contribution < 1.29 is 33.8 Å². The first kappa shape index (κ1) is 26.6. The second kappa shape index (κ2) is 13.2. The Hall–Kier alpha value is -3.63. The lowest BCUT2D eigenvalue weighted by molar-refractivity contribution is -0.140. The summed E-state index contributed by atoms with van der Waals surface area (Å²) in [7, 11) is 1.45. The van der Waals surface area contributed by atoms with E-state index >= 15 is 0 Å². The van der Waals surface area contributed by atoms with Gasteiger partial charge in [-0.2, -0.15) is 0 Å². The molecule has 2 atom stereocenters. The van der Waals surface area contributed by atoms with Gasteiger partial charge in [0, 0.05) is 26.4 Å². The lowest BCUT2D eigenvalue weighted by Crippen LogP contribution is -2.43. The van der Waals surface area contributed by atoms with Crippen LogP contribution in [0.2, 0.25) is 0 Å². The first-order valence-electron chi connectivity index (χ1n) is 11.2. The van der Waals surface area contributed by atoms with Crippen LogP contribution in [-0.4, -0.2) is 78.4 Å². The molecule has 0 saturated heterocycles. The van der Waals surface area contributed by atoms with Crippen LogP contribution in [0.3, 0.4) is 0 Å². The van der Waals surface area contributed by atoms with Crippen molar-refractivity contribution in [1.82, 2.24) is 20.9 Å². The third-order valence-electron chi connectivity index (χ3n) is 5.24. The topological polar surface area (TPSA) is 154 Å². The van der Waals surface area contributed by atoms with Gasteiger partial charge in [-0.3, -0.25) is 19.2 Å². The van der Waals surface area contributed by atoms with Crippen LogP contribution in [0.25, 0.3) is 0 Å². The van der Waals surface area contributed by atoms with Gasteiger partial charge in [-0.25, -0.2) is 4.79 Å². The second-order valence-corrected chi connectivity index (χ2v) is 8.24. The molecule has 1 aromatic carbocycles. The number of nitrogens with one attached hydrogen (secondary N) is 3. The van der Waals surface area contributed by atoms with E-state index in [0.717, 1.165) is 0 Å². The molecule has 34 heavy (non-hydrogen) atoms. The third-order valence-corrected chi connectivity index (χ3v) is 5.24. The Morgan fingerprint density at radius 2 is 1.79 bits per heavy atom. The van der Waals surface area contributed by atoms with Gasteiger partial charge in [0.1, 0.15) is 18.4 Å². The molecule has 0 bridgehead atoms. The molecule has 1 aliphatic heterocycles. The van der Waals surface area contributed by atoms with Crippen LogP contribution in [0.4, 0.5) is 0 Å². The average Bonchev–Trinajstić information content (AvgIpc) is 2.79. The lowest BCUT2D eigenvalue weighted by Gasteiger charge is -2.20. The van der Waals surface area contributed by atoms with E-state index in [-0.39, 0.29) is 61.6 Å². The fourth-order valence-electron chi connectivity index (χ4n) is 3.33. The zero-order valence-corrected chi connectivity index (χ0v) is 19.5. The molecular weight excluding hydrogens is 444 g/mol. The fourth-order valence-corrected chi connectivity index (χ4v) is 3.33. The molecule has 0 aromatic heterocycles. The highest BCUT2D eigenvalue weighted by Gasteiger charge is 2.24. The van der Waals surface area contributed by atoms with Gasteiger partial charge in [0.05, 0.1) is 18.2 Å². The van der Waals surface area contributed by atoms with E-state index < -0.39 is 23.8 Å². The summed E-state index contributed by atoms with van der Waals surface area (Å²) in [6.45, 7) is 2.07. The molecule has 1 heterocycles. The molecule has 4 N–H and O–H groups in total. The van der Waals surface area contributed by atoms with Crippen molar-refractivity contribution in [2.75, 3.05) is 26.7 Å². The number of carboxylic acids is 1. The number of benzene rings is 1. The van der Waals surface area contributed by atoms with Crippen LogP contribution in [0, 0.1) is 0 Å². The van der Waals surface area contributed by atoms with Crippen molar-refractivity contribution in [1.29, 1.82) is 0 Å². The van der Waals surface area contributed by atoms with Crippen LogP contribution in [0.1, 0.15) is 49.4 Å². The van der Waals surface area contributed by atoms with E-state index in [1.165, 1.54) is 18.0 Å². The van der Waals surface area contributed by atoms with Gasteiger partial charge in [0.2, 0.25) is 17.7 Å². The van der Waals surface area contributed by atoms with E-state index in [4.69, 9.17) is 4.74 Å². The highest BCUT2D eigenvalue weighted by molar-refractivity contribution is 5.99. The van der Waals surface area contributed by atoms with Crippen LogP contribution in [-0.2, 0) is 19.2 Å². The fraction of sp³-hybridized carbons (Fsp3) is 0.522. The van der Waals surface area contributed by atoms with Gasteiger partial charge in [-0.1, -0.05) is 12.1 Å². The molecule has 186 valence electrons. The summed E-state index contributed by atoms with van der Waals surface area (Å²) in [5.74, 6) is -2.63. The van der Waals surface area contributed by atoms with E-state index in [0.29, 0.717) is 19.4 Å². The SMILES string of the molecule is C[C@H]1COc2ccccc2C(=O)N[C@H](C(=O)O)CCC(=O)N(C)CC(=O)NCCCCC(=O)N1. The number of fused-ring (bicyclic) bond motifs is 1. The summed E-state index contributed by atoms with van der Waals surface area (Å²) in [6.07, 6.45) is 1.16. The van der Waals surface area contributed by atoms with Gasteiger partial charge < -0.3 is 30.7 Å². The minimum Gasteiger partial charge on any atom is -0.491 e. The largest absolute Gasteiger partial charge is 0.491 e. The lowest BCUT2D eigenvalue weighted by atomic mass is 10.1. The zero-order chi connectivity index (χ0) is 25.1. The molecule has 11 heteroatoms. The maximum Gasteiger partial charge on any atom is 0.326 e. The number of amides is 4. The summed E-state index contributed by atoms with van der Waals surface area (Å²) in [5.41, 5.74) is 0.137. The van der Waals surface area contributed by atoms with Crippen molar-refractivity contribution in [3.8, 4) is 5.75 Å². The number of para-hydroxylation sites is 1. The predicted octanol–water partition coefficient (Wildman–Crippen LogP) is 0.292. The van der Waals surface area contributed by atoms with Gasteiger partial charge in [-0.05, 0) is 38.3 Å². The smallest absolute Gasteiger partial charge is 0.326 e. The molecule has 2 rings (SSSR count). The number of hydrogen-bond acceptors (Lipinski definition) is 6. The van der Waals surface area contributed by atoms with Crippen LogP contribution < -0.4 is 20.7 Å². The first-order valence-corrected chi connectivity index (χ1v) is 11.2. The number of carbonyl (C=O) groups is 5. The maximum atomic E-state index is 12.8. The van der Waals surface area contributed by atoms with Crippen LogP contribution >= 0.6 is 0 Å². The number of carboxylic acid groups (broad SMARTS) is 1. The van der Waals surface area contributed by atoms with Crippen molar-refractivity contribution in [2.45, 2.75) is 51.1 Å². The molecule has 0 unspecified atom stereocenters. The molecule has 1 aliphatic rings. The number of hydrogen-bond donors (Lipinski definition) is 4.